The molecule has 0 aromatic heterocycles. The first-order valence-corrected chi connectivity index (χ1v) is 7.78. The molecule has 0 bridgehead atoms. The molecule has 0 unspecified atom stereocenters. The fourth-order valence-corrected chi connectivity index (χ4v) is 0.773. The minimum Gasteiger partial charge on any atom is -0.0961 e. The molecular formula is C20H38. The van der Waals surface area contributed by atoms with Crippen LogP contribution in [0.15, 0.2) is 59.8 Å². The van der Waals surface area contributed by atoms with Gasteiger partial charge in [0.05, 0.1) is 0 Å². The number of allylic oxidation sites excluding steroid dienone is 8. The highest BCUT2D eigenvalue weighted by molar-refractivity contribution is 5.40. The average Bonchev–Trinajstić information content (AvgIpc) is 2.48. The monoisotopic (exact) mass is 278 g/mol. The molecule has 0 aliphatic heterocycles. The van der Waals surface area contributed by atoms with Crippen LogP contribution in [-0.4, -0.2) is 0 Å². The maximum atomic E-state index is 3.98. The second-order valence-electron chi connectivity index (χ2n) is 3.80. The van der Waals surface area contributed by atoms with Crippen LogP contribution in [0, 0.1) is 0 Å². The van der Waals surface area contributed by atoms with E-state index in [-0.39, 0.29) is 0 Å². The fraction of sp³-hybridized carbons (Fsp3) is 0.500. The Bertz CT molecular complexity index is 305. The van der Waals surface area contributed by atoms with Gasteiger partial charge in [-0.3, -0.25) is 0 Å². The standard InChI is InChI=1S/C14H20.3C2H6/c1-11(2)7-9-13(5)14(6)10-8-12(3)4;3*1-2/h7-10H,1,5H2,2-4,6H3;3*1-2H3/b9-7-,14-10+;;;. The molecule has 0 amide bonds. The first kappa shape index (κ1) is 27.1. The number of rotatable bonds is 4. The van der Waals surface area contributed by atoms with Gasteiger partial charge in [-0.2, -0.15) is 0 Å². The summed E-state index contributed by atoms with van der Waals surface area (Å²) in [6, 6.07) is 0. The molecule has 0 saturated carbocycles. The summed E-state index contributed by atoms with van der Waals surface area (Å²) >= 11 is 0. The maximum Gasteiger partial charge on any atom is -0.0299 e. The molecule has 0 heterocycles. The van der Waals surface area contributed by atoms with Crippen LogP contribution in [0.2, 0.25) is 0 Å². The number of hydrogen-bond acceptors (Lipinski definition) is 0. The van der Waals surface area contributed by atoms with E-state index in [0.29, 0.717) is 0 Å². The third-order valence-electron chi connectivity index (χ3n) is 1.74. The lowest BCUT2D eigenvalue weighted by molar-refractivity contribution is 1.37. The van der Waals surface area contributed by atoms with Gasteiger partial charge in [-0.1, -0.05) is 90.2 Å². The Balaban J connectivity index is -0.000000187. The van der Waals surface area contributed by atoms with Crippen LogP contribution < -0.4 is 0 Å². The summed E-state index contributed by atoms with van der Waals surface area (Å²) < 4.78 is 0. The van der Waals surface area contributed by atoms with E-state index in [9.17, 15) is 0 Å². The molecule has 0 rings (SSSR count). The molecule has 0 aromatic carbocycles. The van der Waals surface area contributed by atoms with E-state index in [1.165, 1.54) is 11.1 Å². The van der Waals surface area contributed by atoms with Crippen molar-refractivity contribution in [3.63, 3.8) is 0 Å². The van der Waals surface area contributed by atoms with E-state index in [0.717, 1.165) is 11.1 Å². The quantitative estimate of drug-likeness (QED) is 0.463. The van der Waals surface area contributed by atoms with Gasteiger partial charge in [0, 0.05) is 0 Å². The van der Waals surface area contributed by atoms with Gasteiger partial charge in [0.15, 0.2) is 0 Å². The summed E-state index contributed by atoms with van der Waals surface area (Å²) in [4.78, 5) is 0. The third kappa shape index (κ3) is 25.5. The second-order valence-corrected chi connectivity index (χ2v) is 3.80. The van der Waals surface area contributed by atoms with Gasteiger partial charge < -0.3 is 0 Å². The molecule has 0 N–H and O–H groups in total. The van der Waals surface area contributed by atoms with Gasteiger partial charge in [-0.15, -0.1) is 0 Å². The van der Waals surface area contributed by atoms with Gasteiger partial charge in [-0.25, -0.2) is 0 Å². The van der Waals surface area contributed by atoms with Crippen molar-refractivity contribution in [2.75, 3.05) is 0 Å². The van der Waals surface area contributed by atoms with Gasteiger partial charge >= 0.3 is 0 Å². The highest BCUT2D eigenvalue weighted by Gasteiger charge is 1.89. The fourth-order valence-electron chi connectivity index (χ4n) is 0.773. The zero-order valence-corrected chi connectivity index (χ0v) is 15.7. The van der Waals surface area contributed by atoms with Crippen molar-refractivity contribution in [3.05, 3.63) is 59.8 Å². The van der Waals surface area contributed by atoms with Gasteiger partial charge in [0.2, 0.25) is 0 Å². The molecule has 0 aliphatic carbocycles. The second kappa shape index (κ2) is 22.8. The third-order valence-corrected chi connectivity index (χ3v) is 1.74. The van der Waals surface area contributed by atoms with Gasteiger partial charge in [0.1, 0.15) is 0 Å². The zero-order valence-electron chi connectivity index (χ0n) is 15.7. The van der Waals surface area contributed by atoms with Crippen LogP contribution in [0.3, 0.4) is 0 Å². The number of hydrogen-bond donors (Lipinski definition) is 0. The summed E-state index contributed by atoms with van der Waals surface area (Å²) in [5, 5.41) is 0. The summed E-state index contributed by atoms with van der Waals surface area (Å²) in [5.41, 5.74) is 4.55. The van der Waals surface area contributed by atoms with Crippen LogP contribution in [0.25, 0.3) is 0 Å². The summed E-state index contributed by atoms with van der Waals surface area (Å²) in [5.74, 6) is 0. The molecule has 0 spiro atoms. The highest BCUT2D eigenvalue weighted by atomic mass is 14.0. The van der Waals surface area contributed by atoms with E-state index in [1.54, 1.807) is 0 Å². The van der Waals surface area contributed by atoms with E-state index in [1.807, 2.05) is 60.6 Å². The maximum absolute atomic E-state index is 3.98. The molecule has 0 fully saturated rings. The van der Waals surface area contributed by atoms with Crippen molar-refractivity contribution in [1.82, 2.24) is 0 Å². The Morgan fingerprint density at radius 3 is 1.35 bits per heavy atom. The molecular weight excluding hydrogens is 240 g/mol. The smallest absolute Gasteiger partial charge is 0.0299 e. The molecule has 0 radical (unpaired) electrons. The van der Waals surface area contributed by atoms with E-state index >= 15 is 0 Å². The van der Waals surface area contributed by atoms with Crippen molar-refractivity contribution in [3.8, 4) is 0 Å². The van der Waals surface area contributed by atoms with Crippen molar-refractivity contribution in [1.29, 1.82) is 0 Å². The summed E-state index contributed by atoms with van der Waals surface area (Å²) in [6.45, 7) is 28.0. The van der Waals surface area contributed by atoms with E-state index < -0.39 is 0 Å². The zero-order chi connectivity index (χ0) is 17.1. The predicted octanol–water partition coefficient (Wildman–Crippen LogP) is 7.67. The van der Waals surface area contributed by atoms with Crippen molar-refractivity contribution < 1.29 is 0 Å². The molecule has 0 heteroatoms. The lowest BCUT2D eigenvalue weighted by Gasteiger charge is -1.98. The predicted molar refractivity (Wildman–Crippen MR) is 100 cm³/mol. The summed E-state index contributed by atoms with van der Waals surface area (Å²) in [7, 11) is 0. The average molecular weight is 279 g/mol. The van der Waals surface area contributed by atoms with E-state index in [4.69, 9.17) is 0 Å². The normalized spacial score (nSPS) is 9.00. The molecule has 0 aliphatic rings. The minimum atomic E-state index is 1.03. The Morgan fingerprint density at radius 2 is 1.05 bits per heavy atom. The van der Waals surface area contributed by atoms with Crippen LogP contribution >= 0.6 is 0 Å². The first-order valence-electron chi connectivity index (χ1n) is 7.78. The SMILES string of the molecule is C=C(C)/C=C\C(=C)/C(C)=C/C=C(C)C.CC.CC.CC. The lowest BCUT2D eigenvalue weighted by atomic mass is 10.1. The molecule has 0 nitrogen and oxygen atoms in total. The van der Waals surface area contributed by atoms with Gasteiger partial charge in [-0.05, 0) is 38.8 Å². The van der Waals surface area contributed by atoms with E-state index in [2.05, 4.69) is 46.1 Å². The topological polar surface area (TPSA) is 0 Å². The van der Waals surface area contributed by atoms with Crippen molar-refractivity contribution >= 4 is 0 Å². The Labute approximate surface area is 129 Å². The van der Waals surface area contributed by atoms with Gasteiger partial charge in [0.25, 0.3) is 0 Å². The molecule has 0 atom stereocenters. The van der Waals surface area contributed by atoms with Crippen LogP contribution in [-0.2, 0) is 0 Å². The van der Waals surface area contributed by atoms with Crippen molar-refractivity contribution in [2.24, 2.45) is 0 Å². The lowest BCUT2D eigenvalue weighted by Crippen LogP contribution is -1.78. The summed E-state index contributed by atoms with van der Waals surface area (Å²) in [6.07, 6.45) is 8.14. The first-order chi connectivity index (χ1) is 9.43. The van der Waals surface area contributed by atoms with Crippen molar-refractivity contribution in [2.45, 2.75) is 69.2 Å². The highest BCUT2D eigenvalue weighted by Crippen LogP contribution is 2.10. The van der Waals surface area contributed by atoms with Crippen LogP contribution in [0.1, 0.15) is 69.2 Å². The largest absolute Gasteiger partial charge is 0.0961 e. The molecule has 20 heavy (non-hydrogen) atoms. The Hall–Kier alpha value is -1.30. The van der Waals surface area contributed by atoms with Crippen LogP contribution in [0.4, 0.5) is 0 Å². The molecule has 0 saturated heterocycles. The Morgan fingerprint density at radius 1 is 0.650 bits per heavy atom. The van der Waals surface area contributed by atoms with Crippen LogP contribution in [0.5, 0.6) is 0 Å². The Kier molecular flexibility index (Phi) is 31.0. The molecule has 118 valence electrons. The minimum absolute atomic E-state index is 1.03. The molecule has 0 aromatic rings.